The molecule has 2 nitrogen and oxygen atoms in total. The lowest BCUT2D eigenvalue weighted by Gasteiger charge is -2.22. The molecule has 1 rings (SSSR count). The Hall–Kier alpha value is -1.33. The summed E-state index contributed by atoms with van der Waals surface area (Å²) in [5, 5.41) is 12.3. The topological polar surface area (TPSA) is 35.8 Å². The lowest BCUT2D eigenvalue weighted by atomic mass is 9.88. The van der Waals surface area contributed by atoms with Crippen LogP contribution in [-0.4, -0.2) is 6.04 Å². The van der Waals surface area contributed by atoms with Gasteiger partial charge < -0.3 is 0 Å². The Morgan fingerprint density at radius 2 is 1.88 bits per heavy atom. The molecule has 0 radical (unpaired) electrons. The molecule has 0 aromatic heterocycles. The summed E-state index contributed by atoms with van der Waals surface area (Å²) in [6.07, 6.45) is 0.871. The quantitative estimate of drug-likeness (QED) is 0.839. The van der Waals surface area contributed by atoms with Gasteiger partial charge in [0.15, 0.2) is 0 Å². The van der Waals surface area contributed by atoms with Crippen molar-refractivity contribution in [2.75, 3.05) is 0 Å². The lowest BCUT2D eigenvalue weighted by molar-refractivity contribution is 0.337. The normalized spacial score (nSPS) is 13.1. The van der Waals surface area contributed by atoms with Gasteiger partial charge in [0.25, 0.3) is 0 Å². The van der Waals surface area contributed by atoms with Crippen molar-refractivity contribution in [3.63, 3.8) is 0 Å². The van der Waals surface area contributed by atoms with Crippen molar-refractivity contribution in [3.8, 4) is 6.07 Å². The smallest absolute Gasteiger partial charge is 0.0960 e. The van der Waals surface area contributed by atoms with Gasteiger partial charge in [-0.1, -0.05) is 51.1 Å². The minimum atomic E-state index is -0.0693. The van der Waals surface area contributed by atoms with Gasteiger partial charge in [0, 0.05) is 6.54 Å². The number of nitrogens with one attached hydrogen (secondary N) is 1. The van der Waals surface area contributed by atoms with Crippen LogP contribution in [0.2, 0.25) is 0 Å². The first-order chi connectivity index (χ1) is 7.51. The molecular weight excluding hydrogens is 196 g/mol. The van der Waals surface area contributed by atoms with Gasteiger partial charge in [-0.25, -0.2) is 0 Å². The molecule has 0 bridgehead atoms. The SMILES string of the molecule is CC(C)(C)CC(C#N)NCc1ccccc1. The van der Waals surface area contributed by atoms with Crippen molar-refractivity contribution in [3.05, 3.63) is 35.9 Å². The van der Waals surface area contributed by atoms with E-state index in [1.165, 1.54) is 5.56 Å². The van der Waals surface area contributed by atoms with E-state index in [2.05, 4.69) is 44.3 Å². The average Bonchev–Trinajstić information content (AvgIpc) is 2.24. The highest BCUT2D eigenvalue weighted by molar-refractivity contribution is 5.14. The summed E-state index contributed by atoms with van der Waals surface area (Å²) in [6, 6.07) is 12.4. The fourth-order valence-corrected chi connectivity index (χ4v) is 1.61. The molecule has 0 aliphatic rings. The molecule has 1 unspecified atom stereocenters. The number of benzene rings is 1. The Balaban J connectivity index is 2.44. The maximum Gasteiger partial charge on any atom is 0.0960 e. The average molecular weight is 216 g/mol. The molecule has 0 aliphatic carbocycles. The Morgan fingerprint density at radius 1 is 1.25 bits per heavy atom. The van der Waals surface area contributed by atoms with Crippen molar-refractivity contribution in [1.82, 2.24) is 5.32 Å². The minimum Gasteiger partial charge on any atom is -0.298 e. The predicted molar refractivity (Wildman–Crippen MR) is 66.8 cm³/mol. The zero-order valence-corrected chi connectivity index (χ0v) is 10.3. The molecule has 0 spiro atoms. The van der Waals surface area contributed by atoms with Crippen LogP contribution in [0, 0.1) is 16.7 Å². The van der Waals surface area contributed by atoms with Gasteiger partial charge in [0.2, 0.25) is 0 Å². The van der Waals surface area contributed by atoms with Gasteiger partial charge in [-0.05, 0) is 17.4 Å². The molecule has 86 valence electrons. The highest BCUT2D eigenvalue weighted by atomic mass is 14.9. The van der Waals surface area contributed by atoms with Crippen molar-refractivity contribution in [2.24, 2.45) is 5.41 Å². The number of nitrogens with zero attached hydrogens (tertiary/aromatic N) is 1. The molecule has 0 saturated heterocycles. The lowest BCUT2D eigenvalue weighted by Crippen LogP contribution is -2.31. The molecule has 16 heavy (non-hydrogen) atoms. The van der Waals surface area contributed by atoms with Crippen molar-refractivity contribution < 1.29 is 0 Å². The fourth-order valence-electron chi connectivity index (χ4n) is 1.61. The Morgan fingerprint density at radius 3 is 2.38 bits per heavy atom. The van der Waals surface area contributed by atoms with Crippen LogP contribution >= 0.6 is 0 Å². The van der Waals surface area contributed by atoms with Crippen LogP contribution in [0.15, 0.2) is 30.3 Å². The summed E-state index contributed by atoms with van der Waals surface area (Å²) in [5.41, 5.74) is 1.40. The zero-order chi connectivity index (χ0) is 12.0. The maximum atomic E-state index is 9.05. The van der Waals surface area contributed by atoms with E-state index in [0.29, 0.717) is 0 Å². The molecule has 0 saturated carbocycles. The molecule has 0 fully saturated rings. The summed E-state index contributed by atoms with van der Waals surface area (Å²) in [4.78, 5) is 0. The first kappa shape index (κ1) is 12.7. The third-order valence-electron chi connectivity index (χ3n) is 2.37. The van der Waals surface area contributed by atoms with Crippen molar-refractivity contribution >= 4 is 0 Å². The summed E-state index contributed by atoms with van der Waals surface area (Å²) in [6.45, 7) is 7.22. The molecule has 1 N–H and O–H groups in total. The highest BCUT2D eigenvalue weighted by Gasteiger charge is 2.17. The monoisotopic (exact) mass is 216 g/mol. The van der Waals surface area contributed by atoms with Gasteiger partial charge >= 0.3 is 0 Å². The molecule has 1 aromatic carbocycles. The van der Waals surface area contributed by atoms with Crippen LogP contribution in [0.25, 0.3) is 0 Å². The second kappa shape index (κ2) is 5.67. The summed E-state index contributed by atoms with van der Waals surface area (Å²) in [5.74, 6) is 0. The van der Waals surface area contributed by atoms with E-state index in [0.717, 1.165) is 13.0 Å². The van der Waals surface area contributed by atoms with Gasteiger partial charge in [0.1, 0.15) is 0 Å². The summed E-state index contributed by atoms with van der Waals surface area (Å²) < 4.78 is 0. The van der Waals surface area contributed by atoms with Gasteiger partial charge in [-0.3, -0.25) is 5.32 Å². The largest absolute Gasteiger partial charge is 0.298 e. The van der Waals surface area contributed by atoms with E-state index in [1.54, 1.807) is 0 Å². The van der Waals surface area contributed by atoms with E-state index in [4.69, 9.17) is 5.26 Å². The van der Waals surface area contributed by atoms with Gasteiger partial charge in [-0.2, -0.15) is 5.26 Å². The van der Waals surface area contributed by atoms with Crippen molar-refractivity contribution in [2.45, 2.75) is 39.8 Å². The molecule has 1 aromatic rings. The predicted octanol–water partition coefficient (Wildman–Crippen LogP) is 3.10. The second-order valence-electron chi connectivity index (χ2n) is 5.31. The second-order valence-corrected chi connectivity index (χ2v) is 5.31. The van der Waals surface area contributed by atoms with E-state index in [1.807, 2.05) is 18.2 Å². The summed E-state index contributed by atoms with van der Waals surface area (Å²) in [7, 11) is 0. The fraction of sp³-hybridized carbons (Fsp3) is 0.500. The Kier molecular flexibility index (Phi) is 4.52. The van der Waals surface area contributed by atoms with Gasteiger partial charge in [0.05, 0.1) is 12.1 Å². The molecule has 1 atom stereocenters. The first-order valence-electron chi connectivity index (χ1n) is 5.68. The maximum absolute atomic E-state index is 9.05. The zero-order valence-electron chi connectivity index (χ0n) is 10.3. The van der Waals surface area contributed by atoms with E-state index in [-0.39, 0.29) is 11.5 Å². The number of hydrogen-bond donors (Lipinski definition) is 1. The summed E-state index contributed by atoms with van der Waals surface area (Å²) >= 11 is 0. The van der Waals surface area contributed by atoms with Crippen LogP contribution < -0.4 is 5.32 Å². The first-order valence-corrected chi connectivity index (χ1v) is 5.68. The van der Waals surface area contributed by atoms with Crippen LogP contribution in [-0.2, 0) is 6.54 Å². The van der Waals surface area contributed by atoms with Crippen LogP contribution in [0.1, 0.15) is 32.8 Å². The highest BCUT2D eigenvalue weighted by Crippen LogP contribution is 2.20. The van der Waals surface area contributed by atoms with Crippen LogP contribution in [0.3, 0.4) is 0 Å². The van der Waals surface area contributed by atoms with E-state index in [9.17, 15) is 0 Å². The Labute approximate surface area is 98.3 Å². The van der Waals surface area contributed by atoms with Gasteiger partial charge in [-0.15, -0.1) is 0 Å². The Bertz CT molecular complexity index is 343. The van der Waals surface area contributed by atoms with Crippen LogP contribution in [0.5, 0.6) is 0 Å². The number of rotatable bonds is 4. The minimum absolute atomic E-state index is 0.0693. The molecule has 2 heteroatoms. The third kappa shape index (κ3) is 4.95. The van der Waals surface area contributed by atoms with Crippen molar-refractivity contribution in [1.29, 1.82) is 5.26 Å². The molecule has 0 amide bonds. The van der Waals surface area contributed by atoms with E-state index < -0.39 is 0 Å². The molecular formula is C14H20N2. The number of nitriles is 1. The molecule has 0 heterocycles. The third-order valence-corrected chi connectivity index (χ3v) is 2.37. The van der Waals surface area contributed by atoms with E-state index >= 15 is 0 Å². The number of hydrogen-bond acceptors (Lipinski definition) is 2. The standard InChI is InChI=1S/C14H20N2/c1-14(2,3)9-13(10-15)16-11-12-7-5-4-6-8-12/h4-8,13,16H,9,11H2,1-3H3. The molecule has 0 aliphatic heterocycles. The van der Waals surface area contributed by atoms with Crippen LogP contribution in [0.4, 0.5) is 0 Å².